The number of hydrogen-bond donors (Lipinski definition) is 0. The van der Waals surface area contributed by atoms with Crippen LogP contribution in [0.2, 0.25) is 0 Å². The molecule has 5 nitrogen and oxygen atoms in total. The highest BCUT2D eigenvalue weighted by Gasteiger charge is 2.33. The van der Waals surface area contributed by atoms with Gasteiger partial charge in [-0.3, -0.25) is 14.7 Å². The van der Waals surface area contributed by atoms with E-state index in [1.165, 1.54) is 11.8 Å². The lowest BCUT2D eigenvalue weighted by Crippen LogP contribution is -2.28. The monoisotopic (exact) mass is 550 g/mol. The van der Waals surface area contributed by atoms with E-state index in [9.17, 15) is 4.79 Å². The molecule has 0 N–H and O–H groups in total. The van der Waals surface area contributed by atoms with Crippen molar-refractivity contribution < 1.29 is 14.3 Å². The van der Waals surface area contributed by atoms with Crippen molar-refractivity contribution in [1.29, 1.82) is 0 Å². The molecule has 180 valence electrons. The highest BCUT2D eigenvalue weighted by molar-refractivity contribution is 9.10. The normalized spacial score (nSPS) is 15.7. The predicted molar refractivity (Wildman–Crippen MR) is 147 cm³/mol. The Morgan fingerprint density at radius 2 is 1.71 bits per heavy atom. The molecule has 3 aromatic carbocycles. The molecule has 0 atom stereocenters. The van der Waals surface area contributed by atoms with Gasteiger partial charge < -0.3 is 9.47 Å². The molecular weight excluding hydrogens is 524 g/mol. The molecule has 0 radical (unpaired) electrons. The number of ether oxygens (including phenoxy) is 2. The lowest BCUT2D eigenvalue weighted by molar-refractivity contribution is -0.122. The number of benzene rings is 3. The molecule has 3 aromatic rings. The Morgan fingerprint density at radius 1 is 1.03 bits per heavy atom. The van der Waals surface area contributed by atoms with E-state index in [2.05, 4.69) is 22.9 Å². The molecule has 7 heteroatoms. The fourth-order valence-electron chi connectivity index (χ4n) is 3.59. The molecule has 1 heterocycles. The molecule has 1 aliphatic heterocycles. The lowest BCUT2D eigenvalue weighted by Gasteiger charge is -2.15. The van der Waals surface area contributed by atoms with Crippen molar-refractivity contribution >= 4 is 44.8 Å². The van der Waals surface area contributed by atoms with Gasteiger partial charge in [0, 0.05) is 0 Å². The van der Waals surface area contributed by atoms with Crippen molar-refractivity contribution in [1.82, 2.24) is 4.90 Å². The standard InChI is InChI=1S/C28H27BrN2O3S/c1-3-14-34-26-23(29)15-22(16-24(26)33-2)17-25-27(32)31(19-21-12-8-5-9-13-21)28(35-25)30-18-20-10-6-4-7-11-20/h4-13,15-17H,3,14,18-19H2,1-2H3. The summed E-state index contributed by atoms with van der Waals surface area (Å²) >= 11 is 4.99. The SMILES string of the molecule is CCCOc1c(Br)cc(C=C2SC(=NCc3ccccc3)N(Cc3ccccc3)C2=O)cc1OC. The summed E-state index contributed by atoms with van der Waals surface area (Å²) in [6.45, 7) is 3.63. The van der Waals surface area contributed by atoms with E-state index < -0.39 is 0 Å². The smallest absolute Gasteiger partial charge is 0.267 e. The number of halogens is 1. The third kappa shape index (κ3) is 6.35. The maximum absolute atomic E-state index is 13.5. The van der Waals surface area contributed by atoms with Crippen LogP contribution in [0.3, 0.4) is 0 Å². The molecule has 35 heavy (non-hydrogen) atoms. The number of carbonyl (C=O) groups excluding carboxylic acids is 1. The van der Waals surface area contributed by atoms with Crippen LogP contribution in [0.5, 0.6) is 11.5 Å². The Hall–Kier alpha value is -3.03. The van der Waals surface area contributed by atoms with E-state index in [1.54, 1.807) is 12.0 Å². The van der Waals surface area contributed by atoms with Crippen LogP contribution in [0.15, 0.2) is 87.2 Å². The summed E-state index contributed by atoms with van der Waals surface area (Å²) in [5.74, 6) is 1.22. The number of aliphatic imine (C=N–C) groups is 1. The van der Waals surface area contributed by atoms with Crippen molar-refractivity contribution in [2.75, 3.05) is 13.7 Å². The van der Waals surface area contributed by atoms with Crippen LogP contribution in [-0.4, -0.2) is 29.7 Å². The number of thioether (sulfide) groups is 1. The average Bonchev–Trinajstić information content (AvgIpc) is 3.17. The molecule has 1 amide bonds. The largest absolute Gasteiger partial charge is 0.493 e. The highest BCUT2D eigenvalue weighted by Crippen LogP contribution is 2.39. The molecule has 1 saturated heterocycles. The lowest BCUT2D eigenvalue weighted by atomic mass is 10.1. The Kier molecular flexibility index (Phi) is 8.66. The Balaban J connectivity index is 1.65. The summed E-state index contributed by atoms with van der Waals surface area (Å²) < 4.78 is 12.2. The second-order valence-corrected chi connectivity index (χ2v) is 9.82. The van der Waals surface area contributed by atoms with Gasteiger partial charge in [0.2, 0.25) is 0 Å². The third-order valence-corrected chi connectivity index (χ3v) is 6.94. The first-order valence-electron chi connectivity index (χ1n) is 11.4. The van der Waals surface area contributed by atoms with Gasteiger partial charge in [0.15, 0.2) is 16.7 Å². The van der Waals surface area contributed by atoms with Crippen molar-refractivity contribution in [3.63, 3.8) is 0 Å². The summed E-state index contributed by atoms with van der Waals surface area (Å²) in [5.41, 5.74) is 3.00. The maximum atomic E-state index is 13.5. The summed E-state index contributed by atoms with van der Waals surface area (Å²) in [4.78, 5) is 20.6. The molecule has 0 spiro atoms. The van der Waals surface area contributed by atoms with E-state index >= 15 is 0 Å². The zero-order valence-electron chi connectivity index (χ0n) is 19.7. The number of rotatable bonds is 9. The first kappa shape index (κ1) is 25.1. The van der Waals surface area contributed by atoms with Gasteiger partial charge in [-0.1, -0.05) is 67.6 Å². The maximum Gasteiger partial charge on any atom is 0.267 e. The van der Waals surface area contributed by atoms with Crippen LogP contribution in [0.25, 0.3) is 6.08 Å². The summed E-state index contributed by atoms with van der Waals surface area (Å²) in [6, 6.07) is 23.8. The van der Waals surface area contributed by atoms with E-state index in [1.807, 2.05) is 78.9 Å². The Morgan fingerprint density at radius 3 is 2.37 bits per heavy atom. The number of nitrogens with zero attached hydrogens (tertiary/aromatic N) is 2. The minimum absolute atomic E-state index is 0.0629. The van der Waals surface area contributed by atoms with Crippen LogP contribution in [0.4, 0.5) is 0 Å². The molecule has 0 aliphatic carbocycles. The molecule has 0 bridgehead atoms. The molecule has 0 aromatic heterocycles. The first-order chi connectivity index (χ1) is 17.1. The number of amides is 1. The van der Waals surface area contributed by atoms with Gasteiger partial charge in [0.25, 0.3) is 5.91 Å². The van der Waals surface area contributed by atoms with Gasteiger partial charge in [-0.25, -0.2) is 0 Å². The number of methoxy groups -OCH3 is 1. The van der Waals surface area contributed by atoms with E-state index in [0.29, 0.717) is 41.3 Å². The molecule has 0 unspecified atom stereocenters. The summed E-state index contributed by atoms with van der Waals surface area (Å²) in [6.07, 6.45) is 2.78. The average molecular weight is 552 g/mol. The van der Waals surface area contributed by atoms with Gasteiger partial charge in [-0.15, -0.1) is 0 Å². The van der Waals surface area contributed by atoms with Crippen LogP contribution in [-0.2, 0) is 17.9 Å². The van der Waals surface area contributed by atoms with E-state index in [4.69, 9.17) is 14.5 Å². The van der Waals surface area contributed by atoms with Gasteiger partial charge in [0.05, 0.1) is 36.2 Å². The van der Waals surface area contributed by atoms with Crippen LogP contribution >= 0.6 is 27.7 Å². The molecule has 4 rings (SSSR count). The zero-order valence-corrected chi connectivity index (χ0v) is 22.1. The molecule has 1 aliphatic rings. The first-order valence-corrected chi connectivity index (χ1v) is 13.0. The van der Waals surface area contributed by atoms with Gasteiger partial charge in [-0.05, 0) is 69.0 Å². The summed E-state index contributed by atoms with van der Waals surface area (Å²) in [7, 11) is 1.61. The number of hydrogen-bond acceptors (Lipinski definition) is 5. The third-order valence-electron chi connectivity index (χ3n) is 5.31. The number of carbonyl (C=O) groups is 1. The van der Waals surface area contributed by atoms with Crippen molar-refractivity contribution in [2.24, 2.45) is 4.99 Å². The van der Waals surface area contributed by atoms with Gasteiger partial charge >= 0.3 is 0 Å². The molecular formula is C28H27BrN2O3S. The topological polar surface area (TPSA) is 51.1 Å². The quantitative estimate of drug-likeness (QED) is 0.271. The predicted octanol–water partition coefficient (Wildman–Crippen LogP) is 6.92. The van der Waals surface area contributed by atoms with Crippen LogP contribution < -0.4 is 9.47 Å². The molecule has 0 saturated carbocycles. The van der Waals surface area contributed by atoms with Crippen LogP contribution in [0, 0.1) is 0 Å². The molecule has 1 fully saturated rings. The Labute approximate surface area is 219 Å². The minimum atomic E-state index is -0.0629. The summed E-state index contributed by atoms with van der Waals surface area (Å²) in [5, 5.41) is 0.697. The second kappa shape index (κ2) is 12.1. The highest BCUT2D eigenvalue weighted by atomic mass is 79.9. The van der Waals surface area contributed by atoms with Crippen molar-refractivity contribution in [3.05, 3.63) is 98.9 Å². The zero-order chi connectivity index (χ0) is 24.6. The minimum Gasteiger partial charge on any atom is -0.493 e. The van der Waals surface area contributed by atoms with E-state index in [-0.39, 0.29) is 5.91 Å². The van der Waals surface area contributed by atoms with Gasteiger partial charge in [-0.2, -0.15) is 0 Å². The van der Waals surface area contributed by atoms with E-state index in [0.717, 1.165) is 27.6 Å². The Bertz CT molecular complexity index is 1230. The fraction of sp³-hybridized carbons (Fsp3) is 0.214. The second-order valence-electron chi connectivity index (χ2n) is 7.95. The van der Waals surface area contributed by atoms with Crippen molar-refractivity contribution in [3.8, 4) is 11.5 Å². The number of amidine groups is 1. The van der Waals surface area contributed by atoms with Crippen LogP contribution in [0.1, 0.15) is 30.0 Å². The van der Waals surface area contributed by atoms with Gasteiger partial charge in [0.1, 0.15) is 0 Å². The van der Waals surface area contributed by atoms with Crippen molar-refractivity contribution in [2.45, 2.75) is 26.4 Å². The fourth-order valence-corrected chi connectivity index (χ4v) is 5.14.